The zero-order chi connectivity index (χ0) is 17.7. The third-order valence-corrected chi connectivity index (χ3v) is 5.71. The monoisotopic (exact) mass is 360 g/mol. The number of benzene rings is 1. The van der Waals surface area contributed by atoms with Crippen LogP contribution in [-0.2, 0) is 14.9 Å². The van der Waals surface area contributed by atoms with Gasteiger partial charge in [0.05, 0.1) is 5.41 Å². The number of nitrogens with zero attached hydrogens (tertiary/aromatic N) is 2. The van der Waals surface area contributed by atoms with E-state index in [0.29, 0.717) is 31.1 Å². The highest BCUT2D eigenvalue weighted by atomic mass is 35.5. The Kier molecular flexibility index (Phi) is 6.01. The van der Waals surface area contributed by atoms with Crippen LogP contribution in [0.1, 0.15) is 24.8 Å². The highest BCUT2D eigenvalue weighted by molar-refractivity contribution is 6.31. The van der Waals surface area contributed by atoms with Gasteiger partial charge in [-0.15, -0.1) is 12.3 Å². The van der Waals surface area contributed by atoms with E-state index in [2.05, 4.69) is 10.8 Å². The van der Waals surface area contributed by atoms with Crippen LogP contribution in [-0.4, -0.2) is 61.6 Å². The van der Waals surface area contributed by atoms with E-state index in [1.807, 2.05) is 29.2 Å². The summed E-state index contributed by atoms with van der Waals surface area (Å²) in [7, 11) is 0. The summed E-state index contributed by atoms with van der Waals surface area (Å²) in [5.74, 6) is 2.88. The third-order valence-electron chi connectivity index (χ3n) is 5.38. The first-order valence-electron chi connectivity index (χ1n) is 8.95. The number of terminal acetylenes is 1. The van der Waals surface area contributed by atoms with Crippen LogP contribution < -0.4 is 0 Å². The van der Waals surface area contributed by atoms with Crippen molar-refractivity contribution < 1.29 is 9.53 Å². The predicted molar refractivity (Wildman–Crippen MR) is 99.7 cm³/mol. The summed E-state index contributed by atoms with van der Waals surface area (Å²) in [6.45, 7) is 5.35. The van der Waals surface area contributed by atoms with Crippen molar-refractivity contribution in [1.82, 2.24) is 9.80 Å². The summed E-state index contributed by atoms with van der Waals surface area (Å²) in [4.78, 5) is 17.8. The fraction of sp³-hybridized carbons (Fsp3) is 0.550. The van der Waals surface area contributed by atoms with Gasteiger partial charge in [-0.1, -0.05) is 29.8 Å². The first kappa shape index (κ1) is 18.3. The van der Waals surface area contributed by atoms with Crippen LogP contribution in [0.4, 0.5) is 0 Å². The van der Waals surface area contributed by atoms with Crippen molar-refractivity contribution in [3.63, 3.8) is 0 Å². The Morgan fingerprint density at radius 2 is 1.88 bits per heavy atom. The van der Waals surface area contributed by atoms with Gasteiger partial charge in [0, 0.05) is 57.4 Å². The molecule has 2 aliphatic heterocycles. The lowest BCUT2D eigenvalue weighted by Crippen LogP contribution is -2.56. The van der Waals surface area contributed by atoms with Gasteiger partial charge in [-0.3, -0.25) is 9.69 Å². The minimum atomic E-state index is -0.558. The van der Waals surface area contributed by atoms with Gasteiger partial charge >= 0.3 is 0 Å². The Hall–Kier alpha value is -1.54. The molecule has 5 heteroatoms. The normalized spacial score (nSPS) is 20.9. The minimum Gasteiger partial charge on any atom is -0.381 e. The lowest BCUT2D eigenvalue weighted by atomic mass is 9.72. The number of amides is 1. The van der Waals surface area contributed by atoms with Crippen molar-refractivity contribution in [2.24, 2.45) is 0 Å². The molecule has 2 heterocycles. The third kappa shape index (κ3) is 3.84. The smallest absolute Gasteiger partial charge is 0.233 e. The Morgan fingerprint density at radius 1 is 1.20 bits per heavy atom. The Bertz CT molecular complexity index is 641. The van der Waals surface area contributed by atoms with Gasteiger partial charge in [0.2, 0.25) is 5.91 Å². The van der Waals surface area contributed by atoms with E-state index in [-0.39, 0.29) is 5.91 Å². The maximum Gasteiger partial charge on any atom is 0.233 e. The summed E-state index contributed by atoms with van der Waals surface area (Å²) < 4.78 is 5.54. The fourth-order valence-corrected chi connectivity index (χ4v) is 4.18. The molecule has 25 heavy (non-hydrogen) atoms. The van der Waals surface area contributed by atoms with Gasteiger partial charge in [-0.2, -0.15) is 0 Å². The van der Waals surface area contributed by atoms with Crippen molar-refractivity contribution in [1.29, 1.82) is 0 Å². The van der Waals surface area contributed by atoms with Crippen LogP contribution in [0.5, 0.6) is 0 Å². The minimum absolute atomic E-state index is 0.195. The molecule has 2 fully saturated rings. The van der Waals surface area contributed by atoms with Crippen molar-refractivity contribution in [3.8, 4) is 12.3 Å². The number of ether oxygens (including phenoxy) is 1. The summed E-state index contributed by atoms with van der Waals surface area (Å²) in [5.41, 5.74) is 0.386. The van der Waals surface area contributed by atoms with Crippen LogP contribution in [0.25, 0.3) is 0 Å². The molecule has 1 amide bonds. The number of halogens is 1. The molecule has 1 aromatic carbocycles. The van der Waals surface area contributed by atoms with E-state index in [1.165, 1.54) is 0 Å². The molecule has 2 saturated heterocycles. The average Bonchev–Trinajstić information content (AvgIpc) is 2.67. The molecule has 0 spiro atoms. The highest BCUT2D eigenvalue weighted by Gasteiger charge is 2.45. The first-order chi connectivity index (χ1) is 12.2. The zero-order valence-corrected chi connectivity index (χ0v) is 15.3. The lowest BCUT2D eigenvalue weighted by molar-refractivity contribution is -0.143. The van der Waals surface area contributed by atoms with Crippen LogP contribution in [0.2, 0.25) is 5.02 Å². The SMILES string of the molecule is C#CCCN1CCN(C(=O)C2(c3ccccc3Cl)CCOCC2)CC1. The molecule has 0 radical (unpaired) electrons. The van der Waals surface area contributed by atoms with E-state index in [4.69, 9.17) is 22.8 Å². The first-order valence-corrected chi connectivity index (χ1v) is 9.33. The molecule has 0 saturated carbocycles. The molecule has 2 aliphatic rings. The highest BCUT2D eigenvalue weighted by Crippen LogP contribution is 2.40. The van der Waals surface area contributed by atoms with Crippen LogP contribution >= 0.6 is 11.6 Å². The lowest BCUT2D eigenvalue weighted by Gasteiger charge is -2.43. The second kappa shape index (κ2) is 8.23. The van der Waals surface area contributed by atoms with Crippen molar-refractivity contribution in [2.75, 3.05) is 45.9 Å². The summed E-state index contributed by atoms with van der Waals surface area (Å²) in [5, 5.41) is 0.672. The maximum absolute atomic E-state index is 13.5. The number of piperazine rings is 1. The summed E-state index contributed by atoms with van der Waals surface area (Å²) in [6.07, 6.45) is 7.48. The Morgan fingerprint density at radius 3 is 2.52 bits per heavy atom. The molecule has 0 aromatic heterocycles. The van der Waals surface area contributed by atoms with Crippen molar-refractivity contribution in [2.45, 2.75) is 24.7 Å². The van der Waals surface area contributed by atoms with E-state index >= 15 is 0 Å². The number of hydrogen-bond donors (Lipinski definition) is 0. The number of carbonyl (C=O) groups excluding carboxylic acids is 1. The molecule has 1 aromatic rings. The largest absolute Gasteiger partial charge is 0.381 e. The summed E-state index contributed by atoms with van der Waals surface area (Å²) >= 11 is 6.47. The van der Waals surface area contributed by atoms with Gasteiger partial charge in [-0.05, 0) is 24.5 Å². The molecule has 4 nitrogen and oxygen atoms in total. The predicted octanol–water partition coefficient (Wildman–Crippen LogP) is 2.56. The number of carbonyl (C=O) groups is 1. The molecular formula is C20H25ClN2O2. The number of rotatable bonds is 4. The molecule has 0 unspecified atom stereocenters. The Labute approximate surface area is 155 Å². The molecule has 134 valence electrons. The van der Waals surface area contributed by atoms with Crippen LogP contribution in [0, 0.1) is 12.3 Å². The van der Waals surface area contributed by atoms with E-state index in [0.717, 1.165) is 44.7 Å². The molecule has 3 rings (SSSR count). The van der Waals surface area contributed by atoms with E-state index < -0.39 is 5.41 Å². The Balaban J connectivity index is 1.78. The zero-order valence-electron chi connectivity index (χ0n) is 14.5. The van der Waals surface area contributed by atoms with Gasteiger partial charge in [0.15, 0.2) is 0 Å². The molecule has 0 N–H and O–H groups in total. The van der Waals surface area contributed by atoms with Crippen molar-refractivity contribution in [3.05, 3.63) is 34.9 Å². The van der Waals surface area contributed by atoms with Gasteiger partial charge in [0.1, 0.15) is 0 Å². The topological polar surface area (TPSA) is 32.8 Å². The van der Waals surface area contributed by atoms with Gasteiger partial charge in [0.25, 0.3) is 0 Å². The van der Waals surface area contributed by atoms with E-state index in [1.54, 1.807) is 0 Å². The average molecular weight is 361 g/mol. The second-order valence-corrected chi connectivity index (χ2v) is 7.17. The molecule has 0 atom stereocenters. The van der Waals surface area contributed by atoms with Crippen molar-refractivity contribution >= 4 is 17.5 Å². The fourth-order valence-electron chi connectivity index (χ4n) is 3.87. The second-order valence-electron chi connectivity index (χ2n) is 6.76. The number of hydrogen-bond acceptors (Lipinski definition) is 3. The molecular weight excluding hydrogens is 336 g/mol. The molecule has 0 bridgehead atoms. The van der Waals surface area contributed by atoms with Crippen LogP contribution in [0.3, 0.4) is 0 Å². The standard InChI is InChI=1S/C20H25ClN2O2/c1-2-3-10-22-11-13-23(14-12-22)19(24)20(8-15-25-16-9-20)17-6-4-5-7-18(17)21/h1,4-7H,3,8-16H2. The van der Waals surface area contributed by atoms with Crippen LogP contribution in [0.15, 0.2) is 24.3 Å². The summed E-state index contributed by atoms with van der Waals surface area (Å²) in [6, 6.07) is 7.74. The van der Waals surface area contributed by atoms with E-state index in [9.17, 15) is 4.79 Å². The molecule has 0 aliphatic carbocycles. The quantitative estimate of drug-likeness (QED) is 0.774. The maximum atomic E-state index is 13.5. The van der Waals surface area contributed by atoms with Gasteiger partial charge in [-0.25, -0.2) is 0 Å². The van der Waals surface area contributed by atoms with Gasteiger partial charge < -0.3 is 9.64 Å².